The van der Waals surface area contributed by atoms with Crippen molar-refractivity contribution in [3.05, 3.63) is 0 Å². The van der Waals surface area contributed by atoms with E-state index in [9.17, 15) is 14.0 Å². The molecule has 0 N–H and O–H groups in total. The number of ether oxygens (including phenoxy) is 3. The predicted octanol–water partition coefficient (Wildman–Crippen LogP) is 0.751. The summed E-state index contributed by atoms with van der Waals surface area (Å²) in [6, 6.07) is 0. The lowest BCUT2D eigenvalue weighted by Gasteiger charge is -2.21. The molecule has 1 aliphatic carbocycles. The van der Waals surface area contributed by atoms with Crippen LogP contribution in [0, 0.1) is 0 Å². The summed E-state index contributed by atoms with van der Waals surface area (Å²) in [5.41, 5.74) is -2.92. The van der Waals surface area contributed by atoms with Crippen molar-refractivity contribution in [3.8, 4) is 0 Å². The number of rotatable bonds is 3. The van der Waals surface area contributed by atoms with Crippen molar-refractivity contribution in [2.45, 2.75) is 50.7 Å². The average molecular weight is 246 g/mol. The van der Waals surface area contributed by atoms with Gasteiger partial charge in [-0.25, -0.2) is 4.39 Å². The highest BCUT2D eigenvalue weighted by atomic mass is 19.1. The second-order valence-electron chi connectivity index (χ2n) is 4.59. The minimum atomic E-state index is -1.65. The third kappa shape index (κ3) is 1.71. The minimum Gasteiger partial charge on any atom is -0.463 e. The molecule has 0 spiro atoms. The van der Waals surface area contributed by atoms with Crippen molar-refractivity contribution in [1.29, 1.82) is 0 Å². The Balaban J connectivity index is 2.11. The second-order valence-corrected chi connectivity index (χ2v) is 4.59. The van der Waals surface area contributed by atoms with Gasteiger partial charge >= 0.3 is 11.9 Å². The molecule has 0 amide bonds. The van der Waals surface area contributed by atoms with Crippen LogP contribution >= 0.6 is 0 Å². The van der Waals surface area contributed by atoms with E-state index in [0.717, 1.165) is 0 Å². The van der Waals surface area contributed by atoms with Crippen molar-refractivity contribution in [2.24, 2.45) is 0 Å². The summed E-state index contributed by atoms with van der Waals surface area (Å²) in [5, 5.41) is 0. The molecular formula is C11H15FO5. The van der Waals surface area contributed by atoms with Crippen LogP contribution in [0.15, 0.2) is 0 Å². The molecule has 17 heavy (non-hydrogen) atoms. The zero-order valence-corrected chi connectivity index (χ0v) is 9.99. The molecule has 3 unspecified atom stereocenters. The van der Waals surface area contributed by atoms with Crippen LogP contribution in [0.25, 0.3) is 0 Å². The molecule has 1 saturated carbocycles. The number of carbonyl (C=O) groups is 2. The van der Waals surface area contributed by atoms with Gasteiger partial charge in [-0.05, 0) is 6.92 Å². The Morgan fingerprint density at radius 2 is 2.06 bits per heavy atom. The van der Waals surface area contributed by atoms with Gasteiger partial charge in [-0.3, -0.25) is 9.59 Å². The van der Waals surface area contributed by atoms with Gasteiger partial charge in [0.1, 0.15) is 12.7 Å². The van der Waals surface area contributed by atoms with Crippen LogP contribution in [0.2, 0.25) is 0 Å². The van der Waals surface area contributed by atoms with Crippen molar-refractivity contribution >= 4 is 11.9 Å². The predicted molar refractivity (Wildman–Crippen MR) is 53.9 cm³/mol. The zero-order valence-electron chi connectivity index (χ0n) is 9.99. The standard InChI is InChI=1S/C11H15FO5/c1-6-10(12)5-11(10,17-8(3)14)9(16-6)4-15-7(2)13/h6,9H,4-5H2,1-3H3/t6?,9?,10?,11-/m1/s1. The zero-order chi connectivity index (χ0) is 12.8. The van der Waals surface area contributed by atoms with Gasteiger partial charge in [-0.15, -0.1) is 0 Å². The van der Waals surface area contributed by atoms with Gasteiger partial charge in [0.2, 0.25) is 0 Å². The maximum atomic E-state index is 14.3. The Kier molecular flexibility index (Phi) is 2.65. The van der Waals surface area contributed by atoms with Gasteiger partial charge in [-0.2, -0.15) is 0 Å². The highest BCUT2D eigenvalue weighted by molar-refractivity contribution is 5.68. The van der Waals surface area contributed by atoms with E-state index in [0.29, 0.717) is 0 Å². The van der Waals surface area contributed by atoms with Crippen LogP contribution in [0.3, 0.4) is 0 Å². The highest BCUT2D eigenvalue weighted by Crippen LogP contribution is 2.64. The number of alkyl halides is 1. The maximum absolute atomic E-state index is 14.3. The molecule has 0 bridgehead atoms. The van der Waals surface area contributed by atoms with E-state index in [4.69, 9.17) is 14.2 Å². The van der Waals surface area contributed by atoms with Crippen LogP contribution in [0.5, 0.6) is 0 Å². The van der Waals surface area contributed by atoms with Crippen molar-refractivity contribution in [3.63, 3.8) is 0 Å². The fourth-order valence-corrected chi connectivity index (χ4v) is 2.48. The molecule has 6 heteroatoms. The Bertz CT molecular complexity index is 371. The van der Waals surface area contributed by atoms with Gasteiger partial charge in [0.05, 0.1) is 6.10 Å². The fourth-order valence-electron chi connectivity index (χ4n) is 2.48. The highest BCUT2D eigenvalue weighted by Gasteiger charge is 2.83. The number of hydrogen-bond acceptors (Lipinski definition) is 5. The Morgan fingerprint density at radius 3 is 2.53 bits per heavy atom. The van der Waals surface area contributed by atoms with Crippen molar-refractivity contribution < 1.29 is 28.2 Å². The summed E-state index contributed by atoms with van der Waals surface area (Å²) in [6.07, 6.45) is -1.29. The smallest absolute Gasteiger partial charge is 0.303 e. The summed E-state index contributed by atoms with van der Waals surface area (Å²) < 4.78 is 29.5. The number of halogens is 1. The van der Waals surface area contributed by atoms with Gasteiger partial charge in [0.25, 0.3) is 0 Å². The molecule has 0 aromatic carbocycles. The summed E-state index contributed by atoms with van der Waals surface area (Å²) in [6.45, 7) is 3.96. The second kappa shape index (κ2) is 3.66. The average Bonchev–Trinajstić information content (AvgIpc) is 2.73. The SMILES string of the molecule is CC(=O)OCC1OC(C)C2(F)C[C@@]12OC(C)=O. The third-order valence-corrected chi connectivity index (χ3v) is 3.40. The maximum Gasteiger partial charge on any atom is 0.303 e. The summed E-state index contributed by atoms with van der Waals surface area (Å²) >= 11 is 0. The molecule has 0 aromatic heterocycles. The van der Waals surface area contributed by atoms with E-state index in [2.05, 4.69) is 0 Å². The summed E-state index contributed by atoms with van der Waals surface area (Å²) in [5.74, 6) is -1.04. The van der Waals surface area contributed by atoms with Crippen LogP contribution in [-0.2, 0) is 23.8 Å². The van der Waals surface area contributed by atoms with Crippen LogP contribution in [-0.4, -0.2) is 42.0 Å². The quantitative estimate of drug-likeness (QED) is 0.688. The van der Waals surface area contributed by atoms with Crippen molar-refractivity contribution in [2.75, 3.05) is 6.61 Å². The molecule has 0 aromatic rings. The van der Waals surface area contributed by atoms with Gasteiger partial charge in [-0.1, -0.05) is 0 Å². The molecule has 4 atom stereocenters. The number of carbonyl (C=O) groups excluding carboxylic acids is 2. The molecule has 2 fully saturated rings. The molecule has 5 nitrogen and oxygen atoms in total. The molecule has 0 radical (unpaired) electrons. The topological polar surface area (TPSA) is 61.8 Å². The van der Waals surface area contributed by atoms with E-state index in [1.165, 1.54) is 13.8 Å². The van der Waals surface area contributed by atoms with Gasteiger partial charge in [0, 0.05) is 20.3 Å². The monoisotopic (exact) mass is 246 g/mol. The lowest BCUT2D eigenvalue weighted by molar-refractivity contribution is -0.161. The van der Waals surface area contributed by atoms with Gasteiger partial charge in [0.15, 0.2) is 11.3 Å². The first-order valence-electron chi connectivity index (χ1n) is 5.49. The first-order valence-corrected chi connectivity index (χ1v) is 5.49. The summed E-state index contributed by atoms with van der Waals surface area (Å²) in [4.78, 5) is 21.7. The fraction of sp³-hybridized carbons (Fsp3) is 0.818. The molecule has 1 saturated heterocycles. The largest absolute Gasteiger partial charge is 0.463 e. The normalized spacial score (nSPS) is 42.8. The van der Waals surface area contributed by atoms with Crippen molar-refractivity contribution in [1.82, 2.24) is 0 Å². The first kappa shape index (κ1) is 12.3. The van der Waals surface area contributed by atoms with E-state index in [1.807, 2.05) is 0 Å². The molecule has 2 rings (SSSR count). The molecule has 96 valence electrons. The lowest BCUT2D eigenvalue weighted by Crippen LogP contribution is -2.38. The van der Waals surface area contributed by atoms with Crippen LogP contribution in [0.4, 0.5) is 4.39 Å². The van der Waals surface area contributed by atoms with E-state index in [-0.39, 0.29) is 13.0 Å². The molecule has 1 heterocycles. The molecular weight excluding hydrogens is 231 g/mol. The third-order valence-electron chi connectivity index (χ3n) is 3.40. The Morgan fingerprint density at radius 1 is 1.41 bits per heavy atom. The van der Waals surface area contributed by atoms with E-state index < -0.39 is 35.4 Å². The molecule has 2 aliphatic rings. The number of hydrogen-bond donors (Lipinski definition) is 0. The Hall–Kier alpha value is -1.17. The number of esters is 2. The van der Waals surface area contributed by atoms with Gasteiger partial charge < -0.3 is 14.2 Å². The van der Waals surface area contributed by atoms with E-state index in [1.54, 1.807) is 6.92 Å². The van der Waals surface area contributed by atoms with Crippen LogP contribution in [0.1, 0.15) is 27.2 Å². The minimum absolute atomic E-state index is 0.0986. The van der Waals surface area contributed by atoms with Crippen LogP contribution < -0.4 is 0 Å². The summed E-state index contributed by atoms with van der Waals surface area (Å²) in [7, 11) is 0. The number of fused-ring (bicyclic) bond motifs is 1. The Labute approximate surface area is 98.2 Å². The first-order chi connectivity index (χ1) is 7.82. The van der Waals surface area contributed by atoms with E-state index >= 15 is 0 Å². The molecule has 1 aliphatic heterocycles. The lowest BCUT2D eigenvalue weighted by atomic mass is 10.1.